The van der Waals surface area contributed by atoms with Gasteiger partial charge in [0.05, 0.1) is 35.3 Å². The average Bonchev–Trinajstić information content (AvgIpc) is 3.41. The van der Waals surface area contributed by atoms with Gasteiger partial charge in [0.15, 0.2) is 6.10 Å². The van der Waals surface area contributed by atoms with E-state index in [2.05, 4.69) is 25.7 Å². The molecule has 1 saturated heterocycles. The molecule has 34 heavy (non-hydrogen) atoms. The van der Waals surface area contributed by atoms with Gasteiger partial charge in [0.1, 0.15) is 17.0 Å². The molecule has 2 N–H and O–H groups in total. The minimum atomic E-state index is -0.646. The predicted molar refractivity (Wildman–Crippen MR) is 134 cm³/mol. The van der Waals surface area contributed by atoms with E-state index >= 15 is 0 Å². The topological polar surface area (TPSA) is 102 Å². The number of rotatable bonds is 6. The molecule has 0 aromatic carbocycles. The van der Waals surface area contributed by atoms with E-state index < -0.39 is 6.10 Å². The number of nitrogens with zero attached hydrogens (tertiary/aromatic N) is 6. The van der Waals surface area contributed by atoms with Gasteiger partial charge >= 0.3 is 0 Å². The maximum atomic E-state index is 9.96. The van der Waals surface area contributed by atoms with Crippen LogP contribution in [-0.2, 0) is 0 Å². The van der Waals surface area contributed by atoms with Crippen molar-refractivity contribution in [1.82, 2.24) is 34.9 Å². The first kappa shape index (κ1) is 26.2. The Morgan fingerprint density at radius 1 is 1.26 bits per heavy atom. The van der Waals surface area contributed by atoms with Gasteiger partial charge in [-0.3, -0.25) is 4.98 Å². The Hall–Kier alpha value is -2.43. The van der Waals surface area contributed by atoms with Crippen LogP contribution in [0.4, 0.5) is 0 Å². The van der Waals surface area contributed by atoms with Gasteiger partial charge in [-0.05, 0) is 51.1 Å². The highest BCUT2D eigenvalue weighted by molar-refractivity contribution is 6.34. The van der Waals surface area contributed by atoms with Crippen molar-refractivity contribution >= 4 is 41.9 Å². The lowest BCUT2D eigenvalue weighted by atomic mass is 10.1. The lowest BCUT2D eigenvalue weighted by Gasteiger charge is -2.23. The maximum absolute atomic E-state index is 9.96. The molecule has 0 radical (unpaired) electrons. The number of aliphatic hydroxyl groups excluding tert-OH is 1. The van der Waals surface area contributed by atoms with E-state index in [1.165, 1.54) is 0 Å². The minimum Gasteiger partial charge on any atom is -0.479 e. The standard InChI is InChI=1S/C22H24ClN7O2.2ClH/c1-14-21(27-28-30(14)16-5-8-24-9-6-16)15-10-19(22-17(23)11-26-29(22)12-15)32-20(13-31)18-4-2-3-7-25-18;;/h2-4,7,10-12,16,20,24,31H,5-6,8-9,13H2,1H3;2*1H/t20-;;/m1../s1. The molecule has 1 fully saturated rings. The van der Waals surface area contributed by atoms with Gasteiger partial charge in [-0.1, -0.05) is 22.9 Å². The van der Waals surface area contributed by atoms with Gasteiger partial charge < -0.3 is 15.2 Å². The van der Waals surface area contributed by atoms with Crippen LogP contribution in [-0.4, -0.2) is 54.4 Å². The van der Waals surface area contributed by atoms with Crippen molar-refractivity contribution in [2.45, 2.75) is 31.9 Å². The van der Waals surface area contributed by atoms with E-state index in [9.17, 15) is 5.11 Å². The van der Waals surface area contributed by atoms with Gasteiger partial charge in [0, 0.05) is 18.0 Å². The Bertz CT molecular complexity index is 1230. The summed E-state index contributed by atoms with van der Waals surface area (Å²) in [6, 6.07) is 7.69. The fourth-order valence-electron chi connectivity index (χ4n) is 4.18. The van der Waals surface area contributed by atoms with Gasteiger partial charge in [-0.25, -0.2) is 9.20 Å². The molecule has 1 aliphatic heterocycles. The number of piperidine rings is 1. The third-order valence-corrected chi connectivity index (χ3v) is 6.12. The second-order valence-electron chi connectivity index (χ2n) is 7.87. The summed E-state index contributed by atoms with van der Waals surface area (Å²) in [6.45, 7) is 3.75. The first-order valence-corrected chi connectivity index (χ1v) is 11.0. The molecule has 182 valence electrons. The van der Waals surface area contributed by atoms with E-state index in [1.807, 2.05) is 42.1 Å². The fraction of sp³-hybridized carbons (Fsp3) is 0.364. The second kappa shape index (κ2) is 11.3. The van der Waals surface area contributed by atoms with Crippen molar-refractivity contribution in [3.8, 4) is 17.0 Å². The number of ether oxygens (including phenoxy) is 1. The molecular formula is C22H26Cl3N7O2. The Kier molecular flexibility index (Phi) is 8.72. The summed E-state index contributed by atoms with van der Waals surface area (Å²) < 4.78 is 9.89. The monoisotopic (exact) mass is 525 g/mol. The summed E-state index contributed by atoms with van der Waals surface area (Å²) in [5.41, 5.74) is 3.81. The minimum absolute atomic E-state index is 0. The van der Waals surface area contributed by atoms with Gasteiger partial charge in [0.2, 0.25) is 0 Å². The van der Waals surface area contributed by atoms with Crippen LogP contribution in [0.1, 0.15) is 36.4 Å². The number of nitrogens with one attached hydrogen (secondary N) is 1. The summed E-state index contributed by atoms with van der Waals surface area (Å²) in [5.74, 6) is 0.491. The van der Waals surface area contributed by atoms with Crippen molar-refractivity contribution < 1.29 is 9.84 Å². The van der Waals surface area contributed by atoms with E-state index in [4.69, 9.17) is 16.3 Å². The van der Waals surface area contributed by atoms with Gasteiger partial charge in [-0.2, -0.15) is 5.10 Å². The summed E-state index contributed by atoms with van der Waals surface area (Å²) in [6.07, 6.45) is 6.50. The number of fused-ring (bicyclic) bond motifs is 1. The lowest BCUT2D eigenvalue weighted by Crippen LogP contribution is -2.30. The molecule has 5 heterocycles. The number of pyridine rings is 2. The zero-order valence-electron chi connectivity index (χ0n) is 18.5. The molecular weight excluding hydrogens is 501 g/mol. The number of aromatic nitrogens is 6. The summed E-state index contributed by atoms with van der Waals surface area (Å²) in [5, 5.41) is 27.1. The molecule has 0 bridgehead atoms. The molecule has 1 atom stereocenters. The Balaban J connectivity index is 0.00000162. The third-order valence-electron chi connectivity index (χ3n) is 5.84. The van der Waals surface area contributed by atoms with E-state index in [0.717, 1.165) is 42.9 Å². The fourth-order valence-corrected chi connectivity index (χ4v) is 4.41. The molecule has 5 rings (SSSR count). The molecule has 9 nitrogen and oxygen atoms in total. The molecule has 4 aromatic rings. The molecule has 1 aliphatic rings. The molecule has 0 amide bonds. The van der Waals surface area contributed by atoms with E-state index in [0.29, 0.717) is 28.0 Å². The third kappa shape index (κ3) is 4.99. The maximum Gasteiger partial charge on any atom is 0.163 e. The normalized spacial score (nSPS) is 14.9. The van der Waals surface area contributed by atoms with Crippen molar-refractivity contribution in [1.29, 1.82) is 0 Å². The highest BCUT2D eigenvalue weighted by atomic mass is 35.5. The molecule has 0 saturated carbocycles. The zero-order chi connectivity index (χ0) is 22.1. The SMILES string of the molecule is Cc1c(-c2cc(O[C@H](CO)c3ccccn3)c3c(Cl)cnn3c2)nnn1C1CCNCC1.Cl.Cl. The number of hydrogen-bond acceptors (Lipinski definition) is 7. The predicted octanol–water partition coefficient (Wildman–Crippen LogP) is 3.83. The van der Waals surface area contributed by atoms with Crippen LogP contribution in [0, 0.1) is 6.92 Å². The van der Waals surface area contributed by atoms with Crippen molar-refractivity contribution in [2.24, 2.45) is 0 Å². The Morgan fingerprint density at radius 2 is 2.06 bits per heavy atom. The largest absolute Gasteiger partial charge is 0.479 e. The quantitative estimate of drug-likeness (QED) is 0.394. The van der Waals surface area contributed by atoms with Crippen LogP contribution in [0.25, 0.3) is 16.8 Å². The molecule has 0 unspecified atom stereocenters. The van der Waals surface area contributed by atoms with Crippen LogP contribution < -0.4 is 10.1 Å². The van der Waals surface area contributed by atoms with Crippen molar-refractivity contribution in [3.63, 3.8) is 0 Å². The first-order chi connectivity index (χ1) is 15.7. The highest BCUT2D eigenvalue weighted by Gasteiger charge is 2.23. The van der Waals surface area contributed by atoms with E-state index in [-0.39, 0.29) is 31.4 Å². The molecule has 0 spiro atoms. The van der Waals surface area contributed by atoms with Crippen molar-refractivity contribution in [3.05, 3.63) is 59.3 Å². The number of aliphatic hydroxyl groups is 1. The molecule has 12 heteroatoms. The van der Waals surface area contributed by atoms with E-state index in [1.54, 1.807) is 16.9 Å². The summed E-state index contributed by atoms with van der Waals surface area (Å²) in [7, 11) is 0. The molecule has 0 aliphatic carbocycles. The smallest absolute Gasteiger partial charge is 0.163 e. The van der Waals surface area contributed by atoms with Crippen LogP contribution >= 0.6 is 36.4 Å². The van der Waals surface area contributed by atoms with Crippen molar-refractivity contribution in [2.75, 3.05) is 19.7 Å². The Labute approximate surface area is 214 Å². The first-order valence-electron chi connectivity index (χ1n) is 10.6. The molecule has 4 aromatic heterocycles. The summed E-state index contributed by atoms with van der Waals surface area (Å²) >= 11 is 6.41. The summed E-state index contributed by atoms with van der Waals surface area (Å²) in [4.78, 5) is 4.31. The Morgan fingerprint density at radius 3 is 2.76 bits per heavy atom. The average molecular weight is 527 g/mol. The second-order valence-corrected chi connectivity index (χ2v) is 8.28. The van der Waals surface area contributed by atoms with Gasteiger partial charge in [-0.15, -0.1) is 29.9 Å². The number of hydrogen-bond donors (Lipinski definition) is 2. The van der Waals surface area contributed by atoms with Crippen LogP contribution in [0.2, 0.25) is 5.02 Å². The number of halogens is 3. The lowest BCUT2D eigenvalue weighted by molar-refractivity contribution is 0.114. The van der Waals surface area contributed by atoms with Crippen LogP contribution in [0.5, 0.6) is 5.75 Å². The zero-order valence-corrected chi connectivity index (χ0v) is 20.9. The van der Waals surface area contributed by atoms with Crippen LogP contribution in [0.3, 0.4) is 0 Å². The van der Waals surface area contributed by atoms with Gasteiger partial charge in [0.25, 0.3) is 0 Å². The highest BCUT2D eigenvalue weighted by Crippen LogP contribution is 2.35. The van der Waals surface area contributed by atoms with Crippen LogP contribution in [0.15, 0.2) is 42.9 Å².